The number of nitrogens with one attached hydrogen (secondary N) is 1. The highest BCUT2D eigenvalue weighted by atomic mass is 16.6. The van der Waals surface area contributed by atoms with Crippen LogP contribution in [-0.4, -0.2) is 30.9 Å². The Morgan fingerprint density at radius 2 is 2.00 bits per heavy atom. The maximum absolute atomic E-state index is 10.2. The van der Waals surface area contributed by atoms with Gasteiger partial charge in [0.05, 0.1) is 6.10 Å². The van der Waals surface area contributed by atoms with Crippen LogP contribution in [-0.2, 0) is 0 Å². The molecule has 0 aromatic heterocycles. The molecule has 0 aliphatic carbocycles. The van der Waals surface area contributed by atoms with Crippen LogP contribution in [0.1, 0.15) is 38.4 Å². The van der Waals surface area contributed by atoms with Crippen LogP contribution < -0.4 is 14.8 Å². The monoisotopic (exact) mass is 265 g/mol. The molecule has 0 bridgehead atoms. The Kier molecular flexibility index (Phi) is 5.05. The van der Waals surface area contributed by atoms with Gasteiger partial charge in [0.2, 0.25) is 0 Å². The number of ether oxygens (including phenoxy) is 2. The third-order valence-electron chi connectivity index (χ3n) is 3.33. The van der Waals surface area contributed by atoms with Crippen LogP contribution in [0.5, 0.6) is 11.5 Å². The summed E-state index contributed by atoms with van der Waals surface area (Å²) < 4.78 is 11.0. The topological polar surface area (TPSA) is 50.7 Å². The van der Waals surface area contributed by atoms with E-state index in [1.54, 1.807) is 0 Å². The SMILES string of the molecule is CCC[C@@H](C)NC[C@H](O)c1ccc2c(c1)OCCO2. The summed E-state index contributed by atoms with van der Waals surface area (Å²) in [6.07, 6.45) is 1.75. The Labute approximate surface area is 114 Å². The van der Waals surface area contributed by atoms with Gasteiger partial charge in [0.25, 0.3) is 0 Å². The van der Waals surface area contributed by atoms with Crippen molar-refractivity contribution >= 4 is 0 Å². The summed E-state index contributed by atoms with van der Waals surface area (Å²) in [5.41, 5.74) is 0.862. The van der Waals surface area contributed by atoms with E-state index in [0.29, 0.717) is 25.8 Å². The van der Waals surface area contributed by atoms with Crippen molar-refractivity contribution in [2.24, 2.45) is 0 Å². The van der Waals surface area contributed by atoms with E-state index in [-0.39, 0.29) is 0 Å². The van der Waals surface area contributed by atoms with Crippen LogP contribution in [0, 0.1) is 0 Å². The molecule has 0 spiro atoms. The predicted octanol–water partition coefficient (Wildman–Crippen LogP) is 2.27. The molecule has 2 atom stereocenters. The molecule has 0 saturated heterocycles. The van der Waals surface area contributed by atoms with Gasteiger partial charge in [0.1, 0.15) is 13.2 Å². The molecule has 1 heterocycles. The number of hydrogen-bond donors (Lipinski definition) is 2. The van der Waals surface area contributed by atoms with E-state index in [9.17, 15) is 5.11 Å². The molecule has 1 aliphatic heterocycles. The van der Waals surface area contributed by atoms with Crippen molar-refractivity contribution < 1.29 is 14.6 Å². The van der Waals surface area contributed by atoms with Gasteiger partial charge in [-0.1, -0.05) is 19.4 Å². The van der Waals surface area contributed by atoms with E-state index >= 15 is 0 Å². The van der Waals surface area contributed by atoms with Crippen molar-refractivity contribution in [2.45, 2.75) is 38.8 Å². The number of rotatable bonds is 6. The summed E-state index contributed by atoms with van der Waals surface area (Å²) in [7, 11) is 0. The molecule has 4 heteroatoms. The quantitative estimate of drug-likeness (QED) is 0.828. The minimum atomic E-state index is -0.518. The molecule has 1 aliphatic rings. The molecule has 4 nitrogen and oxygen atoms in total. The highest BCUT2D eigenvalue weighted by Crippen LogP contribution is 2.32. The third kappa shape index (κ3) is 3.85. The summed E-state index contributed by atoms with van der Waals surface area (Å²) in [6.45, 7) is 6.01. The van der Waals surface area contributed by atoms with Crippen molar-refractivity contribution in [1.82, 2.24) is 5.32 Å². The van der Waals surface area contributed by atoms with E-state index in [1.165, 1.54) is 0 Å². The average molecular weight is 265 g/mol. The van der Waals surface area contributed by atoms with Crippen LogP contribution in [0.25, 0.3) is 0 Å². The zero-order valence-electron chi connectivity index (χ0n) is 11.7. The lowest BCUT2D eigenvalue weighted by Gasteiger charge is -2.21. The van der Waals surface area contributed by atoms with Crippen molar-refractivity contribution in [3.8, 4) is 11.5 Å². The first-order chi connectivity index (χ1) is 9.20. The highest BCUT2D eigenvalue weighted by molar-refractivity contribution is 5.44. The first-order valence-corrected chi connectivity index (χ1v) is 7.01. The molecule has 2 N–H and O–H groups in total. The van der Waals surface area contributed by atoms with Crippen molar-refractivity contribution in [2.75, 3.05) is 19.8 Å². The van der Waals surface area contributed by atoms with E-state index < -0.39 is 6.10 Å². The number of fused-ring (bicyclic) bond motifs is 1. The Morgan fingerprint density at radius 3 is 2.74 bits per heavy atom. The fraction of sp³-hybridized carbons (Fsp3) is 0.600. The standard InChI is InChI=1S/C15H23NO3/c1-3-4-11(2)16-10-13(17)12-5-6-14-15(9-12)19-8-7-18-14/h5-6,9,11,13,16-17H,3-4,7-8,10H2,1-2H3/t11-,13+/m1/s1. The minimum absolute atomic E-state index is 0.428. The molecule has 0 unspecified atom stereocenters. The second-order valence-electron chi connectivity index (χ2n) is 5.02. The third-order valence-corrected chi connectivity index (χ3v) is 3.33. The zero-order valence-corrected chi connectivity index (χ0v) is 11.7. The van der Waals surface area contributed by atoms with Crippen LogP contribution in [0.15, 0.2) is 18.2 Å². The van der Waals surface area contributed by atoms with E-state index in [2.05, 4.69) is 19.2 Å². The van der Waals surface area contributed by atoms with E-state index in [0.717, 1.165) is 29.9 Å². The molecular formula is C15H23NO3. The van der Waals surface area contributed by atoms with E-state index in [4.69, 9.17) is 9.47 Å². The molecule has 0 fully saturated rings. The van der Waals surface area contributed by atoms with Crippen LogP contribution in [0.4, 0.5) is 0 Å². The molecule has 19 heavy (non-hydrogen) atoms. The van der Waals surface area contributed by atoms with Gasteiger partial charge in [-0.15, -0.1) is 0 Å². The first kappa shape index (κ1) is 14.2. The average Bonchev–Trinajstić information content (AvgIpc) is 2.44. The lowest BCUT2D eigenvalue weighted by molar-refractivity contribution is 0.161. The Morgan fingerprint density at radius 1 is 1.26 bits per heavy atom. The molecule has 106 valence electrons. The Hall–Kier alpha value is -1.26. The lowest BCUT2D eigenvalue weighted by Crippen LogP contribution is -2.30. The van der Waals surface area contributed by atoms with Gasteiger partial charge in [-0.05, 0) is 31.0 Å². The maximum Gasteiger partial charge on any atom is 0.161 e. The van der Waals surface area contributed by atoms with Crippen molar-refractivity contribution in [1.29, 1.82) is 0 Å². The molecule has 1 aromatic rings. The fourth-order valence-corrected chi connectivity index (χ4v) is 2.23. The number of aliphatic hydroxyl groups is 1. The van der Waals surface area contributed by atoms with Gasteiger partial charge >= 0.3 is 0 Å². The number of benzene rings is 1. The highest BCUT2D eigenvalue weighted by Gasteiger charge is 2.15. The second kappa shape index (κ2) is 6.78. The van der Waals surface area contributed by atoms with Gasteiger partial charge in [0, 0.05) is 12.6 Å². The first-order valence-electron chi connectivity index (χ1n) is 7.01. The number of hydrogen-bond acceptors (Lipinski definition) is 4. The lowest BCUT2D eigenvalue weighted by atomic mass is 10.1. The van der Waals surface area contributed by atoms with Gasteiger partial charge in [0.15, 0.2) is 11.5 Å². The summed E-state index contributed by atoms with van der Waals surface area (Å²) in [5.74, 6) is 1.49. The van der Waals surface area contributed by atoms with Crippen molar-refractivity contribution in [3.63, 3.8) is 0 Å². The molecule has 2 rings (SSSR count). The Bertz CT molecular complexity index is 408. The fourth-order valence-electron chi connectivity index (χ4n) is 2.23. The number of aliphatic hydroxyl groups excluding tert-OH is 1. The summed E-state index contributed by atoms with van der Waals surface area (Å²) >= 11 is 0. The van der Waals surface area contributed by atoms with Gasteiger partial charge in [-0.3, -0.25) is 0 Å². The Balaban J connectivity index is 1.93. The predicted molar refractivity (Wildman–Crippen MR) is 74.8 cm³/mol. The second-order valence-corrected chi connectivity index (χ2v) is 5.02. The minimum Gasteiger partial charge on any atom is -0.486 e. The molecular weight excluding hydrogens is 242 g/mol. The maximum atomic E-state index is 10.2. The molecule has 1 aromatic carbocycles. The molecule has 0 radical (unpaired) electrons. The van der Waals surface area contributed by atoms with Crippen LogP contribution >= 0.6 is 0 Å². The normalized spacial score (nSPS) is 17.0. The molecule has 0 saturated carbocycles. The van der Waals surface area contributed by atoms with E-state index in [1.807, 2.05) is 18.2 Å². The smallest absolute Gasteiger partial charge is 0.161 e. The summed E-state index contributed by atoms with van der Waals surface area (Å²) in [6, 6.07) is 6.05. The zero-order chi connectivity index (χ0) is 13.7. The molecule has 0 amide bonds. The largest absolute Gasteiger partial charge is 0.486 e. The van der Waals surface area contributed by atoms with Gasteiger partial charge in [-0.2, -0.15) is 0 Å². The van der Waals surface area contributed by atoms with Crippen LogP contribution in [0.3, 0.4) is 0 Å². The van der Waals surface area contributed by atoms with Gasteiger partial charge in [-0.25, -0.2) is 0 Å². The van der Waals surface area contributed by atoms with Crippen LogP contribution in [0.2, 0.25) is 0 Å². The summed E-state index contributed by atoms with van der Waals surface area (Å²) in [4.78, 5) is 0. The summed E-state index contributed by atoms with van der Waals surface area (Å²) in [5, 5.41) is 13.5. The van der Waals surface area contributed by atoms with Gasteiger partial charge < -0.3 is 19.9 Å². The van der Waals surface area contributed by atoms with Crippen molar-refractivity contribution in [3.05, 3.63) is 23.8 Å².